The molecule has 5 nitrogen and oxygen atoms in total. The average molecular weight is 270 g/mol. The molecule has 2 atom stereocenters. The molecule has 1 saturated heterocycles. The van der Waals surface area contributed by atoms with E-state index in [1.807, 2.05) is 13.8 Å². The average Bonchev–Trinajstić information content (AvgIpc) is 2.33. The molecule has 0 bridgehead atoms. The second-order valence-electron chi connectivity index (χ2n) is 6.04. The first-order valence-corrected chi connectivity index (χ1v) is 7.15. The number of hydrogen-bond acceptors (Lipinski definition) is 2. The molecule has 0 aromatic rings. The number of amides is 2. The van der Waals surface area contributed by atoms with Gasteiger partial charge in [-0.2, -0.15) is 0 Å². The summed E-state index contributed by atoms with van der Waals surface area (Å²) in [6, 6.07) is -0.124. The highest BCUT2D eigenvalue weighted by Crippen LogP contribution is 2.16. The fraction of sp³-hybridized carbons (Fsp3) is 0.857. The van der Waals surface area contributed by atoms with E-state index in [2.05, 4.69) is 12.2 Å². The number of carbonyl (C=O) groups excluding carboxylic acids is 1. The van der Waals surface area contributed by atoms with Crippen LogP contribution in [-0.2, 0) is 4.79 Å². The summed E-state index contributed by atoms with van der Waals surface area (Å²) >= 11 is 0. The van der Waals surface area contributed by atoms with Gasteiger partial charge in [-0.3, -0.25) is 4.79 Å². The predicted molar refractivity (Wildman–Crippen MR) is 74.0 cm³/mol. The quantitative estimate of drug-likeness (QED) is 0.804. The number of piperidine rings is 1. The fourth-order valence-electron chi connectivity index (χ4n) is 2.54. The standard InChI is InChI=1S/C14H26N2O3/c1-10(2)7-12(13(17)18)8-15-14(19)16-6-4-5-11(3)9-16/h10-12H,4-9H2,1-3H3,(H,15,19)(H,17,18). The van der Waals surface area contributed by atoms with Gasteiger partial charge in [0.25, 0.3) is 0 Å². The van der Waals surface area contributed by atoms with Crippen molar-refractivity contribution >= 4 is 12.0 Å². The van der Waals surface area contributed by atoms with E-state index >= 15 is 0 Å². The molecule has 1 aliphatic heterocycles. The molecule has 0 saturated carbocycles. The van der Waals surface area contributed by atoms with Crippen LogP contribution in [0.3, 0.4) is 0 Å². The maximum Gasteiger partial charge on any atom is 0.317 e. The molecular weight excluding hydrogens is 244 g/mol. The number of rotatable bonds is 5. The van der Waals surface area contributed by atoms with E-state index in [9.17, 15) is 9.59 Å². The number of hydrogen-bond donors (Lipinski definition) is 2. The molecule has 0 aliphatic carbocycles. The van der Waals surface area contributed by atoms with Crippen LogP contribution < -0.4 is 5.32 Å². The third-order valence-electron chi connectivity index (χ3n) is 3.55. The summed E-state index contributed by atoms with van der Waals surface area (Å²) in [5.41, 5.74) is 0. The van der Waals surface area contributed by atoms with Crippen molar-refractivity contribution in [1.29, 1.82) is 0 Å². The van der Waals surface area contributed by atoms with Gasteiger partial charge >= 0.3 is 12.0 Å². The van der Waals surface area contributed by atoms with Crippen LogP contribution >= 0.6 is 0 Å². The molecule has 2 N–H and O–H groups in total. The highest BCUT2D eigenvalue weighted by molar-refractivity contribution is 5.76. The van der Waals surface area contributed by atoms with Crippen molar-refractivity contribution < 1.29 is 14.7 Å². The second kappa shape index (κ2) is 7.36. The zero-order valence-corrected chi connectivity index (χ0v) is 12.2. The predicted octanol–water partition coefficient (Wildman–Crippen LogP) is 2.17. The minimum absolute atomic E-state index is 0.124. The lowest BCUT2D eigenvalue weighted by molar-refractivity contribution is -0.142. The van der Waals surface area contributed by atoms with Gasteiger partial charge in [-0.05, 0) is 31.1 Å². The van der Waals surface area contributed by atoms with Gasteiger partial charge in [0.05, 0.1) is 5.92 Å². The van der Waals surface area contributed by atoms with Crippen LogP contribution in [0.25, 0.3) is 0 Å². The summed E-state index contributed by atoms with van der Waals surface area (Å²) in [6.07, 6.45) is 2.78. The summed E-state index contributed by atoms with van der Waals surface area (Å²) < 4.78 is 0. The Labute approximate surface area is 115 Å². The number of nitrogens with one attached hydrogen (secondary N) is 1. The highest BCUT2D eigenvalue weighted by Gasteiger charge is 2.23. The van der Waals surface area contributed by atoms with Crippen LogP contribution in [-0.4, -0.2) is 41.6 Å². The van der Waals surface area contributed by atoms with Gasteiger partial charge in [0.2, 0.25) is 0 Å². The first-order chi connectivity index (χ1) is 8.90. The number of carboxylic acids is 1. The van der Waals surface area contributed by atoms with Gasteiger partial charge in [0.15, 0.2) is 0 Å². The SMILES string of the molecule is CC(C)CC(CNC(=O)N1CCCC(C)C1)C(=O)O. The zero-order chi connectivity index (χ0) is 14.4. The minimum atomic E-state index is -0.832. The Morgan fingerprint density at radius 3 is 2.63 bits per heavy atom. The van der Waals surface area contributed by atoms with Crippen molar-refractivity contribution in [3.8, 4) is 0 Å². The molecule has 19 heavy (non-hydrogen) atoms. The molecular formula is C14H26N2O3. The van der Waals surface area contributed by atoms with Crippen molar-refractivity contribution in [1.82, 2.24) is 10.2 Å². The molecule has 0 radical (unpaired) electrons. The summed E-state index contributed by atoms with van der Waals surface area (Å²) in [6.45, 7) is 7.88. The first-order valence-electron chi connectivity index (χ1n) is 7.15. The van der Waals surface area contributed by atoms with Crippen LogP contribution in [0, 0.1) is 17.8 Å². The Morgan fingerprint density at radius 2 is 2.11 bits per heavy atom. The number of aliphatic carboxylic acids is 1. The van der Waals surface area contributed by atoms with E-state index in [1.54, 1.807) is 4.90 Å². The minimum Gasteiger partial charge on any atom is -0.481 e. The van der Waals surface area contributed by atoms with Crippen molar-refractivity contribution in [2.45, 2.75) is 40.0 Å². The van der Waals surface area contributed by atoms with Crippen LogP contribution in [0.1, 0.15) is 40.0 Å². The smallest absolute Gasteiger partial charge is 0.317 e. The van der Waals surface area contributed by atoms with Gasteiger partial charge < -0.3 is 15.3 Å². The topological polar surface area (TPSA) is 69.6 Å². The van der Waals surface area contributed by atoms with E-state index in [0.717, 1.165) is 25.9 Å². The largest absolute Gasteiger partial charge is 0.481 e. The molecule has 0 aromatic carbocycles. The fourth-order valence-corrected chi connectivity index (χ4v) is 2.54. The monoisotopic (exact) mass is 270 g/mol. The number of likely N-dealkylation sites (tertiary alicyclic amines) is 1. The first kappa shape index (κ1) is 15.8. The highest BCUT2D eigenvalue weighted by atomic mass is 16.4. The summed E-state index contributed by atoms with van der Waals surface area (Å²) in [5, 5.41) is 11.9. The second-order valence-corrected chi connectivity index (χ2v) is 6.04. The van der Waals surface area contributed by atoms with Crippen LogP contribution in [0.4, 0.5) is 4.79 Å². The van der Waals surface area contributed by atoms with Crippen LogP contribution in [0.5, 0.6) is 0 Å². The van der Waals surface area contributed by atoms with E-state index in [4.69, 9.17) is 5.11 Å². The molecule has 2 unspecified atom stereocenters. The van der Waals surface area contributed by atoms with Gasteiger partial charge in [-0.25, -0.2) is 4.79 Å². The Bertz CT molecular complexity index is 318. The molecule has 0 spiro atoms. The van der Waals surface area contributed by atoms with Crippen molar-refractivity contribution in [3.05, 3.63) is 0 Å². The number of urea groups is 1. The Hall–Kier alpha value is -1.26. The molecule has 0 aromatic heterocycles. The van der Waals surface area contributed by atoms with Gasteiger partial charge in [-0.15, -0.1) is 0 Å². The van der Waals surface area contributed by atoms with Crippen molar-refractivity contribution in [3.63, 3.8) is 0 Å². The lowest BCUT2D eigenvalue weighted by Crippen LogP contribution is -2.46. The lowest BCUT2D eigenvalue weighted by atomic mass is 9.97. The maximum absolute atomic E-state index is 12.0. The van der Waals surface area contributed by atoms with Crippen molar-refractivity contribution in [2.24, 2.45) is 17.8 Å². The normalized spacial score (nSPS) is 21.3. The van der Waals surface area contributed by atoms with Gasteiger partial charge in [0.1, 0.15) is 0 Å². The van der Waals surface area contributed by atoms with Crippen LogP contribution in [0.15, 0.2) is 0 Å². The number of nitrogens with zero attached hydrogens (tertiary/aromatic N) is 1. The van der Waals surface area contributed by atoms with Crippen molar-refractivity contribution in [2.75, 3.05) is 19.6 Å². The Balaban J connectivity index is 2.40. The van der Waals surface area contributed by atoms with E-state index in [1.165, 1.54) is 0 Å². The molecule has 5 heteroatoms. The molecule has 1 rings (SSSR count). The van der Waals surface area contributed by atoms with E-state index in [-0.39, 0.29) is 12.6 Å². The number of carbonyl (C=O) groups is 2. The molecule has 2 amide bonds. The zero-order valence-electron chi connectivity index (χ0n) is 12.2. The summed E-state index contributed by atoms with van der Waals surface area (Å²) in [5.74, 6) is -0.481. The maximum atomic E-state index is 12.0. The van der Waals surface area contributed by atoms with Gasteiger partial charge in [0, 0.05) is 19.6 Å². The van der Waals surface area contributed by atoms with Gasteiger partial charge in [-0.1, -0.05) is 20.8 Å². The van der Waals surface area contributed by atoms with E-state index in [0.29, 0.717) is 18.3 Å². The van der Waals surface area contributed by atoms with Crippen LogP contribution in [0.2, 0.25) is 0 Å². The third kappa shape index (κ3) is 5.49. The lowest BCUT2D eigenvalue weighted by Gasteiger charge is -2.31. The molecule has 1 aliphatic rings. The third-order valence-corrected chi connectivity index (χ3v) is 3.55. The van der Waals surface area contributed by atoms with E-state index < -0.39 is 11.9 Å². The summed E-state index contributed by atoms with van der Waals surface area (Å²) in [7, 11) is 0. The summed E-state index contributed by atoms with van der Waals surface area (Å²) in [4.78, 5) is 24.9. The molecule has 1 heterocycles. The Kier molecular flexibility index (Phi) is 6.12. The molecule has 1 fully saturated rings. The molecule has 110 valence electrons. The number of carboxylic acid groups (broad SMARTS) is 1. The Morgan fingerprint density at radius 1 is 1.42 bits per heavy atom.